The number of amides is 1. The summed E-state index contributed by atoms with van der Waals surface area (Å²) in [6.45, 7) is 0.0917. The van der Waals surface area contributed by atoms with Crippen LogP contribution in [0.25, 0.3) is 0 Å². The van der Waals surface area contributed by atoms with Gasteiger partial charge in [-0.25, -0.2) is 0 Å². The van der Waals surface area contributed by atoms with Crippen LogP contribution in [0.1, 0.15) is 107 Å². The first-order chi connectivity index (χ1) is 20.9. The van der Waals surface area contributed by atoms with Crippen molar-refractivity contribution in [3.05, 3.63) is 17.7 Å². The van der Waals surface area contributed by atoms with Crippen molar-refractivity contribution in [1.29, 1.82) is 0 Å². The maximum absolute atomic E-state index is 13.0. The molecule has 0 saturated carbocycles. The van der Waals surface area contributed by atoms with Crippen molar-refractivity contribution < 1.29 is 49.6 Å². The van der Waals surface area contributed by atoms with E-state index < -0.39 is 44.0 Å². The molecule has 1 aromatic carbocycles. The van der Waals surface area contributed by atoms with E-state index in [4.69, 9.17) is 29.5 Å². The highest BCUT2D eigenvalue weighted by Gasteiger charge is 2.21. The van der Waals surface area contributed by atoms with Gasteiger partial charge in [-0.05, 0) is 18.6 Å². The molecule has 0 aliphatic carbocycles. The first-order valence-electron chi connectivity index (χ1n) is 16.1. The fraction of sp³-hybridized carbons (Fsp3) is 0.781. The molecule has 11 heteroatoms. The quantitative estimate of drug-likeness (QED) is 0.0693. The molecule has 0 fully saturated rings. The number of benzene rings is 1. The molecule has 1 aromatic rings. The molecule has 1 rings (SSSR count). The smallest absolute Gasteiger partial charge is 0.251 e. The Morgan fingerprint density at radius 3 is 1.40 bits per heavy atom. The van der Waals surface area contributed by atoms with Crippen LogP contribution in [0.15, 0.2) is 12.1 Å². The van der Waals surface area contributed by atoms with Gasteiger partial charge in [0.1, 0.15) is 38.1 Å². The lowest BCUT2D eigenvalue weighted by molar-refractivity contribution is 0.0392. The number of carbonyl (C=O) groups is 1. The molecular formula is C32H57NO10. The first kappa shape index (κ1) is 38.9. The van der Waals surface area contributed by atoms with Crippen LogP contribution in [0, 0.1) is 0 Å². The van der Waals surface area contributed by atoms with Crippen molar-refractivity contribution in [2.24, 2.45) is 0 Å². The molecule has 0 aliphatic heterocycles. The summed E-state index contributed by atoms with van der Waals surface area (Å²) in [5.74, 6) is -0.436. The van der Waals surface area contributed by atoms with Crippen LogP contribution in [0.2, 0.25) is 0 Å². The van der Waals surface area contributed by atoms with Gasteiger partial charge < -0.3 is 50.2 Å². The summed E-state index contributed by atoms with van der Waals surface area (Å²) >= 11 is 0. The maximum atomic E-state index is 13.0. The predicted molar refractivity (Wildman–Crippen MR) is 165 cm³/mol. The fourth-order valence-corrected chi connectivity index (χ4v) is 4.40. The topological polar surface area (TPSA) is 178 Å². The molecule has 7 N–H and O–H groups in total. The third-order valence-corrected chi connectivity index (χ3v) is 7.01. The number of hydrogen-bond acceptors (Lipinski definition) is 10. The molecule has 250 valence electrons. The van der Waals surface area contributed by atoms with Gasteiger partial charge in [-0.1, -0.05) is 90.4 Å². The number of nitrogens with one attached hydrogen (secondary N) is 1. The second-order valence-corrected chi connectivity index (χ2v) is 11.1. The summed E-state index contributed by atoms with van der Waals surface area (Å²) in [5, 5.41) is 59.6. The lowest BCUT2D eigenvalue weighted by atomic mass is 10.0. The third-order valence-electron chi connectivity index (χ3n) is 7.01. The molecule has 3 atom stereocenters. The minimum absolute atomic E-state index is 0.00438. The molecule has 0 aromatic heterocycles. The van der Waals surface area contributed by atoms with Gasteiger partial charge >= 0.3 is 0 Å². The second-order valence-electron chi connectivity index (χ2n) is 11.1. The van der Waals surface area contributed by atoms with Crippen molar-refractivity contribution in [2.75, 3.05) is 46.2 Å². The molecule has 0 radical (unpaired) electrons. The van der Waals surface area contributed by atoms with E-state index in [1.165, 1.54) is 82.8 Å². The Kier molecular flexibility index (Phi) is 22.8. The van der Waals surface area contributed by atoms with Crippen LogP contribution < -0.4 is 19.5 Å². The van der Waals surface area contributed by atoms with E-state index in [2.05, 4.69) is 12.2 Å². The van der Waals surface area contributed by atoms with E-state index in [0.717, 1.165) is 19.3 Å². The normalized spacial score (nSPS) is 13.4. The summed E-state index contributed by atoms with van der Waals surface area (Å²) in [6, 6.07) is 2.78. The third kappa shape index (κ3) is 18.3. The summed E-state index contributed by atoms with van der Waals surface area (Å²) in [5.41, 5.74) is 0.169. The molecule has 3 unspecified atom stereocenters. The maximum Gasteiger partial charge on any atom is 0.251 e. The molecule has 0 aliphatic rings. The Morgan fingerprint density at radius 1 is 0.628 bits per heavy atom. The largest absolute Gasteiger partial charge is 0.487 e. The van der Waals surface area contributed by atoms with E-state index in [9.17, 15) is 20.1 Å². The average molecular weight is 616 g/mol. The predicted octanol–water partition coefficient (Wildman–Crippen LogP) is 3.09. The van der Waals surface area contributed by atoms with Crippen LogP contribution >= 0.6 is 0 Å². The van der Waals surface area contributed by atoms with Crippen LogP contribution in [-0.4, -0.2) is 101 Å². The number of rotatable bonds is 28. The fourth-order valence-electron chi connectivity index (χ4n) is 4.40. The van der Waals surface area contributed by atoms with Gasteiger partial charge in [-0.2, -0.15) is 0 Å². The zero-order valence-corrected chi connectivity index (χ0v) is 26.1. The van der Waals surface area contributed by atoms with Crippen LogP contribution in [0.4, 0.5) is 0 Å². The van der Waals surface area contributed by atoms with Crippen molar-refractivity contribution in [1.82, 2.24) is 5.32 Å². The Labute approximate surface area is 257 Å². The van der Waals surface area contributed by atoms with Gasteiger partial charge in [0.15, 0.2) is 11.5 Å². The molecule has 0 spiro atoms. The van der Waals surface area contributed by atoms with Gasteiger partial charge in [0.25, 0.3) is 5.91 Å². The Balaban J connectivity index is 2.62. The van der Waals surface area contributed by atoms with Crippen LogP contribution in [0.3, 0.4) is 0 Å². The van der Waals surface area contributed by atoms with Gasteiger partial charge in [0, 0.05) is 12.1 Å². The van der Waals surface area contributed by atoms with Crippen molar-refractivity contribution in [2.45, 2.75) is 115 Å². The first-order valence-corrected chi connectivity index (χ1v) is 16.1. The van der Waals surface area contributed by atoms with Crippen molar-refractivity contribution in [3.63, 3.8) is 0 Å². The van der Waals surface area contributed by atoms with Crippen LogP contribution in [0.5, 0.6) is 17.2 Å². The molecule has 1 amide bonds. The monoisotopic (exact) mass is 615 g/mol. The number of unbranched alkanes of at least 4 members (excludes halogenated alkanes) is 13. The SMILES string of the molecule is CCCCCCCCCCCCCCCCNC(=O)c1cc(OCC(O)CO)c(OCC(O)CO)c(OCC(O)CO)c1. The zero-order valence-electron chi connectivity index (χ0n) is 26.1. The van der Waals surface area contributed by atoms with E-state index in [1.54, 1.807) is 0 Å². The Morgan fingerprint density at radius 2 is 1.00 bits per heavy atom. The number of hydrogen-bond donors (Lipinski definition) is 7. The van der Waals surface area contributed by atoms with Crippen molar-refractivity contribution >= 4 is 5.91 Å². The molecule has 0 bridgehead atoms. The minimum atomic E-state index is -1.21. The highest BCUT2D eigenvalue weighted by Crippen LogP contribution is 2.39. The second kappa shape index (κ2) is 25.2. The molecule has 0 saturated heterocycles. The number of carbonyl (C=O) groups excluding carboxylic acids is 1. The summed E-state index contributed by atoms with van der Waals surface area (Å²) in [4.78, 5) is 13.0. The number of aliphatic hydroxyl groups is 6. The lowest BCUT2D eigenvalue weighted by Crippen LogP contribution is -2.26. The van der Waals surface area contributed by atoms with Gasteiger partial charge in [0.2, 0.25) is 5.75 Å². The molecular weight excluding hydrogens is 558 g/mol. The van der Waals surface area contributed by atoms with E-state index in [-0.39, 0.29) is 42.6 Å². The number of aliphatic hydroxyl groups excluding tert-OH is 6. The number of ether oxygens (including phenoxy) is 3. The highest BCUT2D eigenvalue weighted by molar-refractivity contribution is 5.95. The highest BCUT2D eigenvalue weighted by atomic mass is 16.6. The van der Waals surface area contributed by atoms with Gasteiger partial charge in [0.05, 0.1) is 19.8 Å². The minimum Gasteiger partial charge on any atom is -0.487 e. The zero-order chi connectivity index (χ0) is 31.7. The molecule has 0 heterocycles. The van der Waals surface area contributed by atoms with Gasteiger partial charge in [-0.3, -0.25) is 4.79 Å². The Hall–Kier alpha value is -2.15. The summed E-state index contributed by atoms with van der Waals surface area (Å²) < 4.78 is 16.8. The van der Waals surface area contributed by atoms with E-state index in [1.807, 2.05) is 0 Å². The average Bonchev–Trinajstić information content (AvgIpc) is 3.02. The Bertz CT molecular complexity index is 805. The summed E-state index contributed by atoms with van der Waals surface area (Å²) in [6.07, 6.45) is 13.8. The van der Waals surface area contributed by atoms with E-state index in [0.29, 0.717) is 6.54 Å². The van der Waals surface area contributed by atoms with Crippen LogP contribution in [-0.2, 0) is 0 Å². The standard InChI is InChI=1S/C32H57NO10/c1-2-3-4-5-6-7-8-9-10-11-12-13-14-15-16-33-32(40)25-17-29(41-22-26(37)19-34)31(43-24-28(39)21-36)30(18-25)42-23-27(38)20-35/h17-18,26-28,34-39H,2-16,19-24H2,1H3,(H,33,40). The molecule has 43 heavy (non-hydrogen) atoms. The molecule has 11 nitrogen and oxygen atoms in total. The van der Waals surface area contributed by atoms with E-state index >= 15 is 0 Å². The summed E-state index contributed by atoms with van der Waals surface area (Å²) in [7, 11) is 0. The van der Waals surface area contributed by atoms with Gasteiger partial charge in [-0.15, -0.1) is 0 Å². The van der Waals surface area contributed by atoms with Crippen molar-refractivity contribution in [3.8, 4) is 17.2 Å². The lowest BCUT2D eigenvalue weighted by Gasteiger charge is -2.21.